The molecule has 0 saturated carbocycles. The fraction of sp³-hybridized carbons (Fsp3) is 0. The first-order valence-electron chi connectivity index (χ1n) is 20.9. The van der Waals surface area contributed by atoms with Gasteiger partial charge in [-0.05, 0) is 69.8 Å². The minimum atomic E-state index is 0.622. The zero-order valence-electron chi connectivity index (χ0n) is 33.5. The van der Waals surface area contributed by atoms with Gasteiger partial charge >= 0.3 is 0 Å². The van der Waals surface area contributed by atoms with Crippen molar-refractivity contribution in [3.05, 3.63) is 218 Å². The molecule has 290 valence electrons. The second-order valence-corrected chi connectivity index (χ2v) is 16.6. The highest BCUT2D eigenvalue weighted by molar-refractivity contribution is 7.26. The monoisotopic (exact) mass is 808 g/mol. The Kier molecular flexibility index (Phi) is 8.65. The Hall–Kier alpha value is -7.99. The van der Waals surface area contributed by atoms with E-state index in [2.05, 4.69) is 187 Å². The molecule has 0 N–H and O–H groups in total. The maximum atomic E-state index is 5.30. The second kappa shape index (κ2) is 14.9. The average molecular weight is 809 g/mol. The fourth-order valence-electron chi connectivity index (χ4n) is 8.98. The van der Waals surface area contributed by atoms with Gasteiger partial charge in [-0.3, -0.25) is 0 Å². The molecule has 0 atom stereocenters. The molecule has 0 radical (unpaired) electrons. The topological polar surface area (TPSA) is 43.6 Å². The van der Waals surface area contributed by atoms with Crippen LogP contribution in [0.3, 0.4) is 0 Å². The Morgan fingerprint density at radius 2 is 0.887 bits per heavy atom. The summed E-state index contributed by atoms with van der Waals surface area (Å²) >= 11 is 1.86. The summed E-state index contributed by atoms with van der Waals surface area (Å²) in [6.45, 7) is 0. The number of fused-ring (bicyclic) bond motifs is 7. The van der Waals surface area contributed by atoms with Crippen LogP contribution < -0.4 is 0 Å². The zero-order valence-corrected chi connectivity index (χ0v) is 34.3. The predicted octanol–water partition coefficient (Wildman–Crippen LogP) is 15.3. The van der Waals surface area contributed by atoms with Crippen molar-refractivity contribution in [2.75, 3.05) is 0 Å². The van der Waals surface area contributed by atoms with Crippen molar-refractivity contribution in [3.63, 3.8) is 0 Å². The van der Waals surface area contributed by atoms with Gasteiger partial charge in [0.05, 0.1) is 15.7 Å². The number of nitrogens with zero attached hydrogens (tertiary/aromatic N) is 4. The van der Waals surface area contributed by atoms with Crippen molar-refractivity contribution in [1.82, 2.24) is 19.5 Å². The molecular formula is C57H36N4S. The third kappa shape index (κ3) is 6.09. The normalized spacial score (nSPS) is 11.5. The fourth-order valence-corrected chi connectivity index (χ4v) is 10.2. The van der Waals surface area contributed by atoms with Gasteiger partial charge in [0.15, 0.2) is 17.5 Å². The summed E-state index contributed by atoms with van der Waals surface area (Å²) in [5, 5.41) is 4.95. The van der Waals surface area contributed by atoms with Gasteiger partial charge in [0.1, 0.15) is 0 Å². The number of hydrogen-bond donors (Lipinski definition) is 0. The van der Waals surface area contributed by atoms with Crippen molar-refractivity contribution < 1.29 is 0 Å². The molecule has 0 saturated heterocycles. The number of aromatic nitrogens is 4. The number of thiophene rings is 1. The summed E-state index contributed by atoms with van der Waals surface area (Å²) in [4.78, 5) is 15.7. The first-order valence-corrected chi connectivity index (χ1v) is 21.7. The molecule has 0 bridgehead atoms. The Morgan fingerprint density at radius 3 is 1.60 bits per heavy atom. The lowest BCUT2D eigenvalue weighted by molar-refractivity contribution is 1.07. The summed E-state index contributed by atoms with van der Waals surface area (Å²) in [5.74, 6) is 1.89. The molecule has 0 aliphatic rings. The second-order valence-electron chi connectivity index (χ2n) is 15.6. The van der Waals surface area contributed by atoms with Crippen LogP contribution in [0.4, 0.5) is 0 Å². The zero-order chi connectivity index (χ0) is 41.0. The van der Waals surface area contributed by atoms with Crippen LogP contribution >= 0.6 is 11.3 Å². The van der Waals surface area contributed by atoms with E-state index in [1.807, 2.05) is 47.7 Å². The van der Waals surface area contributed by atoms with Crippen LogP contribution in [0.15, 0.2) is 218 Å². The molecule has 5 heteroatoms. The number of rotatable bonds is 7. The van der Waals surface area contributed by atoms with Gasteiger partial charge in [-0.2, -0.15) is 0 Å². The van der Waals surface area contributed by atoms with Gasteiger partial charge in [0.25, 0.3) is 0 Å². The van der Waals surface area contributed by atoms with E-state index < -0.39 is 0 Å². The molecule has 0 unspecified atom stereocenters. The van der Waals surface area contributed by atoms with E-state index in [0.717, 1.165) is 44.6 Å². The maximum Gasteiger partial charge on any atom is 0.164 e. The molecule has 3 aromatic heterocycles. The van der Waals surface area contributed by atoms with Crippen LogP contribution in [0.25, 0.3) is 115 Å². The largest absolute Gasteiger partial charge is 0.308 e. The van der Waals surface area contributed by atoms with Gasteiger partial charge in [-0.15, -0.1) is 11.3 Å². The average Bonchev–Trinajstić information content (AvgIpc) is 3.91. The lowest BCUT2D eigenvalue weighted by Crippen LogP contribution is -2.01. The van der Waals surface area contributed by atoms with Crippen LogP contribution in [-0.4, -0.2) is 19.5 Å². The van der Waals surface area contributed by atoms with E-state index in [9.17, 15) is 0 Å². The smallest absolute Gasteiger partial charge is 0.164 e. The summed E-state index contributed by atoms with van der Waals surface area (Å²) in [7, 11) is 0. The van der Waals surface area contributed by atoms with Crippen LogP contribution in [0.5, 0.6) is 0 Å². The lowest BCUT2D eigenvalue weighted by Gasteiger charge is -2.15. The molecule has 62 heavy (non-hydrogen) atoms. The SMILES string of the molecule is c1ccc(-c2cccc(-c3ccc(-c4cccc5sc6c(ccc7c8ccccc8n(-c8ccccc8)c76)c45)c(-c4nc(-c5ccccc5)nc(-c5ccccc5)n4)c3)c2)cc1. The van der Waals surface area contributed by atoms with Crippen LogP contribution in [0, 0.1) is 0 Å². The van der Waals surface area contributed by atoms with Crippen molar-refractivity contribution in [2.45, 2.75) is 0 Å². The molecule has 0 aliphatic heterocycles. The number of para-hydroxylation sites is 2. The van der Waals surface area contributed by atoms with Gasteiger partial charge in [0.2, 0.25) is 0 Å². The summed E-state index contributed by atoms with van der Waals surface area (Å²) in [6, 6.07) is 77.4. The van der Waals surface area contributed by atoms with E-state index in [1.165, 1.54) is 53.1 Å². The van der Waals surface area contributed by atoms with Gasteiger partial charge in [0, 0.05) is 48.6 Å². The van der Waals surface area contributed by atoms with Crippen molar-refractivity contribution >= 4 is 53.3 Å². The Bertz CT molecular complexity index is 3560. The number of hydrogen-bond acceptors (Lipinski definition) is 4. The molecule has 0 aliphatic carbocycles. The lowest BCUT2D eigenvalue weighted by atomic mass is 9.91. The summed E-state index contributed by atoms with van der Waals surface area (Å²) in [6.07, 6.45) is 0. The molecule has 0 spiro atoms. The Labute approximate surface area is 362 Å². The minimum absolute atomic E-state index is 0.622. The molecule has 9 aromatic carbocycles. The molecule has 12 rings (SSSR count). The van der Waals surface area contributed by atoms with E-state index in [1.54, 1.807) is 0 Å². The van der Waals surface area contributed by atoms with Crippen LogP contribution in [0.1, 0.15) is 0 Å². The highest BCUT2D eigenvalue weighted by atomic mass is 32.1. The minimum Gasteiger partial charge on any atom is -0.308 e. The molecular weight excluding hydrogens is 773 g/mol. The van der Waals surface area contributed by atoms with Crippen molar-refractivity contribution in [2.24, 2.45) is 0 Å². The van der Waals surface area contributed by atoms with Crippen molar-refractivity contribution in [3.8, 4) is 73.2 Å². The Balaban J connectivity index is 1.13. The summed E-state index contributed by atoms with van der Waals surface area (Å²) in [5.41, 5.74) is 13.1. The molecule has 0 fully saturated rings. The predicted molar refractivity (Wildman–Crippen MR) is 260 cm³/mol. The van der Waals surface area contributed by atoms with Gasteiger partial charge in [-0.1, -0.05) is 182 Å². The van der Waals surface area contributed by atoms with Crippen LogP contribution in [-0.2, 0) is 0 Å². The van der Waals surface area contributed by atoms with Crippen molar-refractivity contribution in [1.29, 1.82) is 0 Å². The van der Waals surface area contributed by atoms with E-state index in [0.29, 0.717) is 17.5 Å². The third-order valence-electron chi connectivity index (χ3n) is 11.9. The summed E-state index contributed by atoms with van der Waals surface area (Å²) < 4.78 is 4.93. The quantitative estimate of drug-likeness (QED) is 0.161. The third-order valence-corrected chi connectivity index (χ3v) is 13.0. The maximum absolute atomic E-state index is 5.30. The van der Waals surface area contributed by atoms with E-state index in [4.69, 9.17) is 15.0 Å². The molecule has 4 nitrogen and oxygen atoms in total. The molecule has 12 aromatic rings. The highest BCUT2D eigenvalue weighted by Crippen LogP contribution is 2.47. The van der Waals surface area contributed by atoms with E-state index in [-0.39, 0.29) is 0 Å². The highest BCUT2D eigenvalue weighted by Gasteiger charge is 2.22. The van der Waals surface area contributed by atoms with Gasteiger partial charge in [-0.25, -0.2) is 15.0 Å². The standard InChI is InChI=1S/C57H36N4S/c1-5-17-37(18-6-1)40-23-15-24-41(35-40)42-31-32-44(49(36-42)57-59-55(38-19-7-2-8-20-38)58-56(60-57)39-21-9-3-10-22-39)46-28-16-30-51-52(46)48-34-33-47-45-27-13-14-29-50(45)61(53(47)54(48)62-51)43-25-11-4-12-26-43/h1-36H. The van der Waals surface area contributed by atoms with Gasteiger partial charge < -0.3 is 4.57 Å². The molecule has 0 amide bonds. The van der Waals surface area contributed by atoms with Crippen LogP contribution in [0.2, 0.25) is 0 Å². The number of benzene rings is 9. The first kappa shape index (κ1) is 35.9. The molecule has 3 heterocycles. The first-order chi connectivity index (χ1) is 30.7. The Morgan fingerprint density at radius 1 is 0.339 bits per heavy atom. The van der Waals surface area contributed by atoms with E-state index >= 15 is 0 Å².